The second-order valence-electron chi connectivity index (χ2n) is 6.69. The van der Waals surface area contributed by atoms with Gasteiger partial charge in [-0.3, -0.25) is 4.98 Å². The zero-order chi connectivity index (χ0) is 15.4. The molecule has 3 aliphatic rings. The summed E-state index contributed by atoms with van der Waals surface area (Å²) in [7, 11) is 0. The molecule has 6 rings (SSSR count). The van der Waals surface area contributed by atoms with E-state index >= 15 is 0 Å². The van der Waals surface area contributed by atoms with Gasteiger partial charge in [-0.05, 0) is 50.0 Å². The lowest BCUT2D eigenvalue weighted by molar-refractivity contribution is 0.0540. The van der Waals surface area contributed by atoms with Crippen LogP contribution in [0.3, 0.4) is 0 Å². The minimum Gasteiger partial charge on any atom is -0.494 e. The lowest BCUT2D eigenvalue weighted by Crippen LogP contribution is -2.47. The Hall–Kier alpha value is -2.27. The van der Waals surface area contributed by atoms with Crippen LogP contribution < -0.4 is 0 Å². The highest BCUT2D eigenvalue weighted by Gasteiger charge is 2.36. The van der Waals surface area contributed by atoms with Crippen molar-refractivity contribution in [3.63, 3.8) is 0 Å². The zero-order valence-corrected chi connectivity index (χ0v) is 12.9. The summed E-state index contributed by atoms with van der Waals surface area (Å²) in [5.41, 5.74) is 1.73. The molecule has 0 aliphatic carbocycles. The van der Waals surface area contributed by atoms with Crippen molar-refractivity contribution in [2.24, 2.45) is 5.92 Å². The van der Waals surface area contributed by atoms with Crippen molar-refractivity contribution in [2.75, 3.05) is 19.6 Å². The summed E-state index contributed by atoms with van der Waals surface area (Å²) in [6.45, 7) is 3.43. The molecule has 5 nitrogen and oxygen atoms in total. The first-order chi connectivity index (χ1) is 11.3. The van der Waals surface area contributed by atoms with Crippen LogP contribution in [-0.2, 0) is 0 Å². The average Bonchev–Trinajstić information content (AvgIpc) is 3.16. The number of piperidine rings is 3. The number of furan rings is 1. The molecule has 3 aliphatic heterocycles. The third kappa shape index (κ3) is 2.00. The molecular weight excluding hydrogens is 290 g/mol. The van der Waals surface area contributed by atoms with Crippen molar-refractivity contribution in [2.45, 2.75) is 18.9 Å². The summed E-state index contributed by atoms with van der Waals surface area (Å²) in [5.74, 6) is 1.78. The van der Waals surface area contributed by atoms with E-state index in [1.807, 2.05) is 29.0 Å². The van der Waals surface area contributed by atoms with Crippen molar-refractivity contribution in [3.05, 3.63) is 36.8 Å². The minimum absolute atomic E-state index is 0.336. The molecule has 5 heteroatoms. The standard InChI is InChI=1S/C18H19N3O2/c22-18-14-9-16(13-1-5-19-6-2-13)23-17(14)11-21(18)15-10-20-7-3-12(15)4-8-20/h1-2,5-6,9,11-12,15,22H,3-4,7-8,10H2/t15-/m0/s1. The minimum atomic E-state index is 0.336. The van der Waals surface area contributed by atoms with Gasteiger partial charge in [-0.2, -0.15) is 0 Å². The molecule has 3 aromatic rings. The number of pyridine rings is 1. The SMILES string of the molecule is Oc1c2cc(-c3ccncc3)oc2cn1[C@H]1CN2CCC1CC2. The predicted molar refractivity (Wildman–Crippen MR) is 87.3 cm³/mol. The Kier molecular flexibility index (Phi) is 2.79. The number of nitrogens with zero attached hydrogens (tertiary/aromatic N) is 3. The van der Waals surface area contributed by atoms with Crippen LogP contribution in [0.5, 0.6) is 5.88 Å². The van der Waals surface area contributed by atoms with Gasteiger partial charge in [-0.15, -0.1) is 0 Å². The van der Waals surface area contributed by atoms with E-state index in [1.54, 1.807) is 12.4 Å². The van der Waals surface area contributed by atoms with Crippen LogP contribution in [0.4, 0.5) is 0 Å². The second kappa shape index (κ2) is 4.86. The van der Waals surface area contributed by atoms with Crippen molar-refractivity contribution in [1.29, 1.82) is 0 Å². The third-order valence-electron chi connectivity index (χ3n) is 5.45. The zero-order valence-electron chi connectivity index (χ0n) is 12.9. The fourth-order valence-corrected chi connectivity index (χ4v) is 4.16. The summed E-state index contributed by atoms with van der Waals surface area (Å²) in [6.07, 6.45) is 7.92. The fourth-order valence-electron chi connectivity index (χ4n) is 4.16. The Morgan fingerprint density at radius 3 is 2.61 bits per heavy atom. The Balaban J connectivity index is 1.55. The van der Waals surface area contributed by atoms with Crippen LogP contribution in [-0.4, -0.2) is 39.2 Å². The largest absolute Gasteiger partial charge is 0.494 e. The second-order valence-corrected chi connectivity index (χ2v) is 6.69. The smallest absolute Gasteiger partial charge is 0.202 e. The molecule has 118 valence electrons. The summed E-state index contributed by atoms with van der Waals surface area (Å²) in [5, 5.41) is 11.5. The van der Waals surface area contributed by atoms with E-state index in [4.69, 9.17) is 4.42 Å². The quantitative estimate of drug-likeness (QED) is 0.789. The molecule has 6 heterocycles. The van der Waals surface area contributed by atoms with E-state index < -0.39 is 0 Å². The lowest BCUT2D eigenvalue weighted by Gasteiger charge is -2.45. The van der Waals surface area contributed by atoms with Gasteiger partial charge in [0, 0.05) is 24.5 Å². The summed E-state index contributed by atoms with van der Waals surface area (Å²) in [6, 6.07) is 6.12. The van der Waals surface area contributed by atoms with Crippen molar-refractivity contribution < 1.29 is 9.52 Å². The van der Waals surface area contributed by atoms with Gasteiger partial charge >= 0.3 is 0 Å². The normalized spacial score (nSPS) is 26.9. The Morgan fingerprint density at radius 2 is 1.96 bits per heavy atom. The highest BCUT2D eigenvalue weighted by atomic mass is 16.3. The summed E-state index contributed by atoms with van der Waals surface area (Å²) in [4.78, 5) is 6.52. The van der Waals surface area contributed by atoms with Crippen LogP contribution in [0.25, 0.3) is 22.3 Å². The monoisotopic (exact) mass is 309 g/mol. The number of aromatic nitrogens is 2. The Labute approximate surface area is 134 Å². The molecule has 0 amide bonds. The van der Waals surface area contributed by atoms with Crippen LogP contribution in [0.1, 0.15) is 18.9 Å². The summed E-state index contributed by atoms with van der Waals surface area (Å²) < 4.78 is 7.99. The van der Waals surface area contributed by atoms with Crippen LogP contribution >= 0.6 is 0 Å². The lowest BCUT2D eigenvalue weighted by atomic mass is 9.84. The molecule has 0 aromatic carbocycles. The molecule has 3 aromatic heterocycles. The first-order valence-electron chi connectivity index (χ1n) is 8.26. The van der Waals surface area contributed by atoms with Crippen molar-refractivity contribution in [3.8, 4) is 17.2 Å². The number of hydrogen-bond acceptors (Lipinski definition) is 4. The fraction of sp³-hybridized carbons (Fsp3) is 0.389. The van der Waals surface area contributed by atoms with Gasteiger partial charge in [0.05, 0.1) is 17.6 Å². The molecule has 0 spiro atoms. The van der Waals surface area contributed by atoms with Crippen LogP contribution in [0, 0.1) is 5.92 Å². The van der Waals surface area contributed by atoms with Crippen LogP contribution in [0.15, 0.2) is 41.2 Å². The molecule has 0 unspecified atom stereocenters. The molecule has 1 N–H and O–H groups in total. The number of hydrogen-bond donors (Lipinski definition) is 1. The van der Waals surface area contributed by atoms with Gasteiger partial charge in [-0.25, -0.2) is 0 Å². The molecule has 1 atom stereocenters. The van der Waals surface area contributed by atoms with E-state index in [2.05, 4.69) is 9.88 Å². The molecular formula is C18H19N3O2. The molecule has 0 radical (unpaired) electrons. The third-order valence-corrected chi connectivity index (χ3v) is 5.45. The first-order valence-corrected chi connectivity index (χ1v) is 8.26. The Bertz CT molecular complexity index is 844. The van der Waals surface area contributed by atoms with Crippen LogP contribution in [0.2, 0.25) is 0 Å². The average molecular weight is 309 g/mol. The van der Waals surface area contributed by atoms with E-state index in [0.29, 0.717) is 17.8 Å². The van der Waals surface area contributed by atoms with Gasteiger partial charge in [-0.1, -0.05) is 0 Å². The molecule has 3 fully saturated rings. The van der Waals surface area contributed by atoms with Gasteiger partial charge in [0.15, 0.2) is 5.58 Å². The highest BCUT2D eigenvalue weighted by molar-refractivity contribution is 5.87. The van der Waals surface area contributed by atoms with Gasteiger partial charge in [0.1, 0.15) is 5.76 Å². The van der Waals surface area contributed by atoms with Gasteiger partial charge in [0.2, 0.25) is 5.88 Å². The predicted octanol–water partition coefficient (Wildman–Crippen LogP) is 3.27. The van der Waals surface area contributed by atoms with E-state index in [1.165, 1.54) is 25.9 Å². The molecule has 0 saturated carbocycles. The van der Waals surface area contributed by atoms with Crippen molar-refractivity contribution in [1.82, 2.24) is 14.5 Å². The maximum absolute atomic E-state index is 10.7. The number of fused-ring (bicyclic) bond motifs is 4. The van der Waals surface area contributed by atoms with Crippen molar-refractivity contribution >= 4 is 11.0 Å². The van der Waals surface area contributed by atoms with E-state index in [0.717, 1.165) is 28.8 Å². The maximum Gasteiger partial charge on any atom is 0.202 e. The van der Waals surface area contributed by atoms with Gasteiger partial charge in [0.25, 0.3) is 0 Å². The number of aromatic hydroxyl groups is 1. The van der Waals surface area contributed by atoms with Gasteiger partial charge < -0.3 is 19.0 Å². The molecule has 2 bridgehead atoms. The highest BCUT2D eigenvalue weighted by Crippen LogP contribution is 2.42. The first kappa shape index (κ1) is 13.2. The maximum atomic E-state index is 10.7. The molecule has 3 saturated heterocycles. The van der Waals surface area contributed by atoms with E-state index in [9.17, 15) is 5.11 Å². The molecule has 23 heavy (non-hydrogen) atoms. The summed E-state index contributed by atoms with van der Waals surface area (Å²) >= 11 is 0. The topological polar surface area (TPSA) is 54.4 Å². The number of rotatable bonds is 2. The Morgan fingerprint density at radius 1 is 1.17 bits per heavy atom. The van der Waals surface area contributed by atoms with E-state index in [-0.39, 0.29) is 0 Å².